The predicted molar refractivity (Wildman–Crippen MR) is 132 cm³/mol. The number of carbonyl (C=O) groups is 3. The summed E-state index contributed by atoms with van der Waals surface area (Å²) >= 11 is 0. The van der Waals surface area contributed by atoms with Gasteiger partial charge in [-0.25, -0.2) is 0 Å². The van der Waals surface area contributed by atoms with E-state index in [1.165, 1.54) is 0 Å². The van der Waals surface area contributed by atoms with E-state index in [-0.39, 0.29) is 31.1 Å². The summed E-state index contributed by atoms with van der Waals surface area (Å²) in [6.07, 6.45) is -0.155. The Kier molecular flexibility index (Phi) is 8.19. The van der Waals surface area contributed by atoms with Gasteiger partial charge in [0, 0.05) is 17.7 Å². The molecule has 0 aromatic heterocycles. The van der Waals surface area contributed by atoms with Gasteiger partial charge in [-0.15, -0.1) is 0 Å². The predicted octanol–water partition coefficient (Wildman–Crippen LogP) is 5.86. The van der Waals surface area contributed by atoms with Gasteiger partial charge in [-0.2, -0.15) is 0 Å². The van der Waals surface area contributed by atoms with Crippen molar-refractivity contribution >= 4 is 23.3 Å². The number of carbonyl (C=O) groups excluding carboxylic acids is 3. The molecule has 0 aliphatic heterocycles. The molecule has 176 valence electrons. The first-order valence-corrected chi connectivity index (χ1v) is 11.1. The zero-order chi connectivity index (χ0) is 24.7. The molecule has 6 nitrogen and oxygen atoms in total. The Hall–Kier alpha value is -3.93. The van der Waals surface area contributed by atoms with Crippen LogP contribution in [0.25, 0.3) is 0 Å². The quantitative estimate of drug-likeness (QED) is 0.320. The maximum Gasteiger partial charge on any atom is 0.306 e. The van der Waals surface area contributed by atoms with Crippen LogP contribution in [0.15, 0.2) is 60.7 Å². The maximum absolute atomic E-state index is 12.2. The lowest BCUT2D eigenvalue weighted by Crippen LogP contribution is -2.17. The molecule has 0 fully saturated rings. The van der Waals surface area contributed by atoms with Gasteiger partial charge < -0.3 is 14.8 Å². The Balaban J connectivity index is 1.42. The van der Waals surface area contributed by atoms with E-state index in [9.17, 15) is 14.4 Å². The van der Waals surface area contributed by atoms with Crippen LogP contribution in [0.4, 0.5) is 5.69 Å². The molecule has 0 saturated heterocycles. The Bertz CT molecular complexity index is 1200. The lowest BCUT2D eigenvalue weighted by molar-refractivity contribution is -0.143. The first-order valence-electron chi connectivity index (χ1n) is 11.1. The highest BCUT2D eigenvalue weighted by atomic mass is 16.5. The number of hydrogen-bond donors (Lipinski definition) is 1. The molecule has 0 spiro atoms. The summed E-state index contributed by atoms with van der Waals surface area (Å²) in [6, 6.07) is 18.4. The van der Waals surface area contributed by atoms with Gasteiger partial charge in [0.05, 0.1) is 6.42 Å². The molecule has 0 atom stereocenters. The summed E-state index contributed by atoms with van der Waals surface area (Å²) in [6.45, 7) is 7.52. The molecule has 0 unspecified atom stereocenters. The summed E-state index contributed by atoms with van der Waals surface area (Å²) in [7, 11) is 0. The molecular weight excluding hydrogens is 430 g/mol. The van der Waals surface area contributed by atoms with Gasteiger partial charge in [-0.05, 0) is 86.3 Å². The number of ether oxygens (including phenoxy) is 2. The van der Waals surface area contributed by atoms with Crippen molar-refractivity contribution in [1.29, 1.82) is 0 Å². The molecule has 3 rings (SSSR count). The fourth-order valence-electron chi connectivity index (χ4n) is 3.21. The molecule has 6 heteroatoms. The number of ketones is 1. The first-order chi connectivity index (χ1) is 16.2. The first kappa shape index (κ1) is 24.7. The van der Waals surface area contributed by atoms with E-state index >= 15 is 0 Å². The van der Waals surface area contributed by atoms with E-state index in [0.717, 1.165) is 28.0 Å². The van der Waals surface area contributed by atoms with E-state index in [2.05, 4.69) is 5.32 Å². The van der Waals surface area contributed by atoms with E-state index in [4.69, 9.17) is 9.47 Å². The Labute approximate surface area is 199 Å². The van der Waals surface area contributed by atoms with E-state index < -0.39 is 5.97 Å². The van der Waals surface area contributed by atoms with E-state index in [0.29, 0.717) is 17.0 Å². The van der Waals surface area contributed by atoms with Crippen molar-refractivity contribution < 1.29 is 23.9 Å². The van der Waals surface area contributed by atoms with Crippen LogP contribution in [0.1, 0.15) is 45.5 Å². The molecular formula is C28H29NO5. The minimum Gasteiger partial charge on any atom is -0.457 e. The monoisotopic (exact) mass is 459 g/mol. The highest BCUT2D eigenvalue weighted by Gasteiger charge is 2.13. The van der Waals surface area contributed by atoms with Crippen molar-refractivity contribution in [2.45, 2.75) is 40.5 Å². The molecule has 1 N–H and O–H groups in total. The van der Waals surface area contributed by atoms with E-state index in [1.54, 1.807) is 36.4 Å². The average molecular weight is 460 g/mol. The highest BCUT2D eigenvalue weighted by molar-refractivity contribution is 5.98. The summed E-state index contributed by atoms with van der Waals surface area (Å²) < 4.78 is 11.0. The normalized spacial score (nSPS) is 10.5. The third-order valence-electron chi connectivity index (χ3n) is 5.46. The fourth-order valence-corrected chi connectivity index (χ4v) is 3.21. The van der Waals surface area contributed by atoms with E-state index in [1.807, 2.05) is 52.0 Å². The topological polar surface area (TPSA) is 81.7 Å². The second-order valence-electron chi connectivity index (χ2n) is 8.33. The minimum atomic E-state index is -0.593. The zero-order valence-corrected chi connectivity index (χ0v) is 19.9. The van der Waals surface area contributed by atoms with Crippen molar-refractivity contribution in [3.8, 4) is 11.5 Å². The van der Waals surface area contributed by atoms with Crippen LogP contribution in [0, 0.1) is 27.7 Å². The van der Waals surface area contributed by atoms with Gasteiger partial charge in [0.25, 0.3) is 0 Å². The number of amides is 1. The van der Waals surface area contributed by atoms with Gasteiger partial charge in [0.15, 0.2) is 12.4 Å². The molecule has 0 aliphatic rings. The standard InChI is InChI=1S/C28H29NO5/c1-18-5-6-20(3)26(15-18)34-24-11-9-23(10-12-24)29-27(31)13-14-28(32)33-17-25(30)22-8-7-19(2)21(4)16-22/h5-12,15-16H,13-14,17H2,1-4H3,(H,29,31). The van der Waals surface area contributed by atoms with Crippen LogP contribution in [0.5, 0.6) is 11.5 Å². The Morgan fingerprint density at radius 3 is 2.18 bits per heavy atom. The molecule has 1 amide bonds. The minimum absolute atomic E-state index is 0.0442. The van der Waals surface area contributed by atoms with Crippen LogP contribution >= 0.6 is 0 Å². The Morgan fingerprint density at radius 1 is 0.765 bits per heavy atom. The molecule has 0 radical (unpaired) electrons. The number of aryl methyl sites for hydroxylation is 4. The lowest BCUT2D eigenvalue weighted by atomic mass is 10.0. The smallest absolute Gasteiger partial charge is 0.306 e. The fraction of sp³-hybridized carbons (Fsp3) is 0.250. The summed E-state index contributed by atoms with van der Waals surface area (Å²) in [5.74, 6) is 0.254. The van der Waals surface area contributed by atoms with Crippen LogP contribution in [-0.4, -0.2) is 24.3 Å². The summed E-state index contributed by atoms with van der Waals surface area (Å²) in [5.41, 5.74) is 5.32. The summed E-state index contributed by atoms with van der Waals surface area (Å²) in [5, 5.41) is 2.74. The van der Waals surface area contributed by atoms with Crippen LogP contribution < -0.4 is 10.1 Å². The van der Waals surface area contributed by atoms with Crippen molar-refractivity contribution in [2.24, 2.45) is 0 Å². The third-order valence-corrected chi connectivity index (χ3v) is 5.46. The molecule has 34 heavy (non-hydrogen) atoms. The van der Waals surface area contributed by atoms with Gasteiger partial charge >= 0.3 is 5.97 Å². The average Bonchev–Trinajstić information content (AvgIpc) is 2.81. The lowest BCUT2D eigenvalue weighted by Gasteiger charge is -2.11. The summed E-state index contributed by atoms with van der Waals surface area (Å²) in [4.78, 5) is 36.3. The maximum atomic E-state index is 12.2. The van der Waals surface area contributed by atoms with Gasteiger partial charge in [-0.3, -0.25) is 14.4 Å². The van der Waals surface area contributed by atoms with Crippen molar-refractivity contribution in [3.63, 3.8) is 0 Å². The SMILES string of the molecule is Cc1ccc(C)c(Oc2ccc(NC(=O)CCC(=O)OCC(=O)c3ccc(C)c(C)c3)cc2)c1. The van der Waals surface area contributed by atoms with Crippen LogP contribution in [0.2, 0.25) is 0 Å². The molecule has 3 aromatic rings. The number of hydrogen-bond acceptors (Lipinski definition) is 5. The number of Topliss-reactive ketones (excluding diaryl/α,β-unsaturated/α-hetero) is 1. The van der Waals surface area contributed by atoms with Crippen LogP contribution in [-0.2, 0) is 14.3 Å². The number of esters is 1. The molecule has 0 heterocycles. The number of nitrogens with one attached hydrogen (secondary N) is 1. The molecule has 0 saturated carbocycles. The second-order valence-corrected chi connectivity index (χ2v) is 8.33. The molecule has 0 aliphatic carbocycles. The highest BCUT2D eigenvalue weighted by Crippen LogP contribution is 2.27. The largest absolute Gasteiger partial charge is 0.457 e. The number of rotatable bonds is 9. The van der Waals surface area contributed by atoms with Gasteiger partial charge in [0.2, 0.25) is 5.91 Å². The van der Waals surface area contributed by atoms with Crippen molar-refractivity contribution in [1.82, 2.24) is 0 Å². The van der Waals surface area contributed by atoms with Crippen molar-refractivity contribution in [2.75, 3.05) is 11.9 Å². The molecule has 0 bridgehead atoms. The third kappa shape index (κ3) is 7.04. The van der Waals surface area contributed by atoms with Crippen molar-refractivity contribution in [3.05, 3.63) is 88.5 Å². The molecule has 3 aromatic carbocycles. The van der Waals surface area contributed by atoms with Crippen LogP contribution in [0.3, 0.4) is 0 Å². The van der Waals surface area contributed by atoms with Gasteiger partial charge in [-0.1, -0.05) is 24.3 Å². The Morgan fingerprint density at radius 2 is 1.47 bits per heavy atom. The number of anilines is 1. The number of benzene rings is 3. The second kappa shape index (κ2) is 11.3. The van der Waals surface area contributed by atoms with Gasteiger partial charge in [0.1, 0.15) is 11.5 Å². The zero-order valence-electron chi connectivity index (χ0n) is 19.9.